The number of urea groups is 1. The molecule has 1 aliphatic heterocycles. The maximum absolute atomic E-state index is 12.4. The van der Waals surface area contributed by atoms with E-state index in [0.717, 1.165) is 17.2 Å². The molecule has 2 aromatic rings. The summed E-state index contributed by atoms with van der Waals surface area (Å²) in [5.74, 6) is 2.24. The van der Waals surface area contributed by atoms with Gasteiger partial charge >= 0.3 is 6.03 Å². The van der Waals surface area contributed by atoms with E-state index in [4.69, 9.17) is 16.3 Å². The summed E-state index contributed by atoms with van der Waals surface area (Å²) in [7, 11) is 0. The minimum absolute atomic E-state index is 0.126. The minimum Gasteiger partial charge on any atom is -0.493 e. The van der Waals surface area contributed by atoms with Gasteiger partial charge in [0.15, 0.2) is 0 Å². The van der Waals surface area contributed by atoms with Crippen LogP contribution in [0.15, 0.2) is 18.2 Å². The monoisotopic (exact) mass is 349 g/mol. The zero-order chi connectivity index (χ0) is 17.1. The van der Waals surface area contributed by atoms with Gasteiger partial charge in [-0.15, -0.1) is 0 Å². The molecule has 128 valence electrons. The number of aromatic nitrogens is 3. The Morgan fingerprint density at radius 2 is 2.25 bits per heavy atom. The molecular weight excluding hydrogens is 330 g/mol. The summed E-state index contributed by atoms with van der Waals surface area (Å²) in [6.07, 6.45) is 0. The van der Waals surface area contributed by atoms with E-state index in [1.165, 1.54) is 0 Å². The highest BCUT2D eigenvalue weighted by Gasteiger charge is 2.22. The Morgan fingerprint density at radius 3 is 3.04 bits per heavy atom. The summed E-state index contributed by atoms with van der Waals surface area (Å²) in [6.45, 7) is 6.43. The molecule has 1 N–H and O–H groups in total. The average Bonchev–Trinajstić information content (AvgIpc) is 2.93. The lowest BCUT2D eigenvalue weighted by Crippen LogP contribution is -2.44. The van der Waals surface area contributed by atoms with Crippen LogP contribution in [0.1, 0.15) is 24.1 Å². The number of hydrogen-bond donors (Lipinski definition) is 1. The van der Waals surface area contributed by atoms with Gasteiger partial charge in [0.05, 0.1) is 19.7 Å². The van der Waals surface area contributed by atoms with Crippen LogP contribution in [0.4, 0.5) is 4.79 Å². The highest BCUT2D eigenvalue weighted by Crippen LogP contribution is 2.23. The SMILES string of the molecule is CCOc1cc(Cl)ccc1CNC(=O)N1CCn2nc(C)nc2C1. The lowest BCUT2D eigenvalue weighted by Gasteiger charge is -2.27. The van der Waals surface area contributed by atoms with E-state index < -0.39 is 0 Å². The summed E-state index contributed by atoms with van der Waals surface area (Å²) >= 11 is 6.00. The van der Waals surface area contributed by atoms with E-state index in [9.17, 15) is 4.79 Å². The number of carbonyl (C=O) groups excluding carboxylic acids is 1. The number of ether oxygens (including phenoxy) is 1. The van der Waals surface area contributed by atoms with Crippen molar-refractivity contribution in [2.75, 3.05) is 13.2 Å². The largest absolute Gasteiger partial charge is 0.493 e. The lowest BCUT2D eigenvalue weighted by atomic mass is 10.2. The van der Waals surface area contributed by atoms with Gasteiger partial charge in [0.1, 0.15) is 17.4 Å². The summed E-state index contributed by atoms with van der Waals surface area (Å²) in [4.78, 5) is 18.5. The standard InChI is InChI=1S/C16H20ClN5O2/c1-3-24-14-8-13(17)5-4-12(14)9-18-16(23)21-6-7-22-15(10-21)19-11(2)20-22/h4-5,8H,3,6-7,9-10H2,1-2H3,(H,18,23). The predicted molar refractivity (Wildman–Crippen MR) is 90.0 cm³/mol. The number of aryl methyl sites for hydroxylation is 1. The van der Waals surface area contributed by atoms with E-state index in [-0.39, 0.29) is 6.03 Å². The van der Waals surface area contributed by atoms with E-state index in [2.05, 4.69) is 15.4 Å². The topological polar surface area (TPSA) is 72.3 Å². The van der Waals surface area contributed by atoms with Crippen molar-refractivity contribution in [3.8, 4) is 5.75 Å². The molecule has 0 saturated heterocycles. The fourth-order valence-electron chi connectivity index (χ4n) is 2.68. The Hall–Kier alpha value is -2.28. The van der Waals surface area contributed by atoms with Crippen LogP contribution in [0.25, 0.3) is 0 Å². The van der Waals surface area contributed by atoms with Crippen molar-refractivity contribution < 1.29 is 9.53 Å². The van der Waals surface area contributed by atoms with E-state index in [1.54, 1.807) is 17.0 Å². The number of carbonyl (C=O) groups is 1. The molecule has 0 bridgehead atoms. The van der Waals surface area contributed by atoms with Crippen molar-refractivity contribution in [1.29, 1.82) is 0 Å². The molecule has 1 aromatic carbocycles. The number of halogens is 1. The van der Waals surface area contributed by atoms with Gasteiger partial charge in [-0.2, -0.15) is 5.10 Å². The first-order valence-corrected chi connectivity index (χ1v) is 8.29. The van der Waals surface area contributed by atoms with Crippen LogP contribution in [-0.2, 0) is 19.6 Å². The highest BCUT2D eigenvalue weighted by molar-refractivity contribution is 6.30. The molecule has 7 nitrogen and oxygen atoms in total. The summed E-state index contributed by atoms with van der Waals surface area (Å²) in [6, 6.07) is 5.29. The Labute approximate surface area is 145 Å². The molecule has 1 aromatic heterocycles. The molecule has 24 heavy (non-hydrogen) atoms. The first-order chi connectivity index (χ1) is 11.6. The van der Waals surface area contributed by atoms with Crippen molar-refractivity contribution in [1.82, 2.24) is 25.0 Å². The molecule has 0 fully saturated rings. The van der Waals surface area contributed by atoms with E-state index >= 15 is 0 Å². The van der Waals surface area contributed by atoms with Gasteiger partial charge in [0.25, 0.3) is 0 Å². The third-order valence-corrected chi connectivity index (χ3v) is 4.05. The first kappa shape index (κ1) is 16.6. The quantitative estimate of drug-likeness (QED) is 0.919. The second-order valence-corrected chi connectivity index (χ2v) is 6.00. The first-order valence-electron chi connectivity index (χ1n) is 7.91. The van der Waals surface area contributed by atoms with Crippen LogP contribution in [-0.4, -0.2) is 38.8 Å². The van der Waals surface area contributed by atoms with Crippen LogP contribution in [0.5, 0.6) is 5.75 Å². The van der Waals surface area contributed by atoms with Gasteiger partial charge in [-0.05, 0) is 26.0 Å². The number of amides is 2. The fourth-order valence-corrected chi connectivity index (χ4v) is 2.84. The third-order valence-electron chi connectivity index (χ3n) is 3.81. The molecule has 0 radical (unpaired) electrons. The summed E-state index contributed by atoms with van der Waals surface area (Å²) < 4.78 is 7.43. The molecule has 0 unspecified atom stereocenters. The van der Waals surface area contributed by atoms with Crippen molar-refractivity contribution in [3.05, 3.63) is 40.4 Å². The summed E-state index contributed by atoms with van der Waals surface area (Å²) in [5.41, 5.74) is 0.894. The van der Waals surface area contributed by atoms with Crippen LogP contribution in [0.3, 0.4) is 0 Å². The molecule has 2 amide bonds. The Balaban J connectivity index is 1.62. The van der Waals surface area contributed by atoms with Crippen molar-refractivity contribution >= 4 is 17.6 Å². The van der Waals surface area contributed by atoms with Gasteiger partial charge in [-0.3, -0.25) is 0 Å². The number of rotatable bonds is 4. The highest BCUT2D eigenvalue weighted by atomic mass is 35.5. The smallest absolute Gasteiger partial charge is 0.318 e. The molecular formula is C16H20ClN5O2. The zero-order valence-electron chi connectivity index (χ0n) is 13.8. The van der Waals surface area contributed by atoms with Crippen LogP contribution in [0.2, 0.25) is 5.02 Å². The molecule has 3 rings (SSSR count). The average molecular weight is 350 g/mol. The van der Waals surface area contributed by atoms with Crippen molar-refractivity contribution in [2.24, 2.45) is 0 Å². The lowest BCUT2D eigenvalue weighted by molar-refractivity contribution is 0.179. The molecule has 0 aliphatic carbocycles. The summed E-state index contributed by atoms with van der Waals surface area (Å²) in [5, 5.41) is 7.84. The zero-order valence-corrected chi connectivity index (χ0v) is 14.5. The van der Waals surface area contributed by atoms with Crippen LogP contribution in [0, 0.1) is 6.92 Å². The molecule has 0 atom stereocenters. The van der Waals surface area contributed by atoms with E-state index in [0.29, 0.717) is 43.6 Å². The fraction of sp³-hybridized carbons (Fsp3) is 0.438. The predicted octanol–water partition coefficient (Wildman–Crippen LogP) is 2.36. The maximum atomic E-state index is 12.4. The molecule has 8 heteroatoms. The normalized spacial score (nSPS) is 13.5. The van der Waals surface area contributed by atoms with Crippen LogP contribution < -0.4 is 10.1 Å². The van der Waals surface area contributed by atoms with Gasteiger partial charge in [-0.1, -0.05) is 17.7 Å². The number of fused-ring (bicyclic) bond motifs is 1. The number of benzene rings is 1. The maximum Gasteiger partial charge on any atom is 0.318 e. The molecule has 1 aliphatic rings. The van der Waals surface area contributed by atoms with E-state index in [1.807, 2.05) is 24.6 Å². The Kier molecular flexibility index (Phi) is 4.89. The molecule has 0 spiro atoms. The number of nitrogens with zero attached hydrogens (tertiary/aromatic N) is 4. The number of hydrogen-bond acceptors (Lipinski definition) is 4. The van der Waals surface area contributed by atoms with Gasteiger partial charge < -0.3 is 15.0 Å². The van der Waals surface area contributed by atoms with Crippen LogP contribution >= 0.6 is 11.6 Å². The van der Waals surface area contributed by atoms with Gasteiger partial charge in [0, 0.05) is 23.7 Å². The second-order valence-electron chi connectivity index (χ2n) is 5.56. The van der Waals surface area contributed by atoms with Gasteiger partial charge in [0.2, 0.25) is 0 Å². The Morgan fingerprint density at radius 1 is 1.42 bits per heavy atom. The van der Waals surface area contributed by atoms with Gasteiger partial charge in [-0.25, -0.2) is 14.5 Å². The van der Waals surface area contributed by atoms with Crippen molar-refractivity contribution in [2.45, 2.75) is 33.5 Å². The second kappa shape index (κ2) is 7.09. The number of nitrogens with one attached hydrogen (secondary N) is 1. The molecule has 2 heterocycles. The van der Waals surface area contributed by atoms with Crippen molar-refractivity contribution in [3.63, 3.8) is 0 Å². The minimum atomic E-state index is -0.126. The Bertz CT molecular complexity index is 746. The molecule has 0 saturated carbocycles. The third kappa shape index (κ3) is 3.62.